The molecule has 1 aromatic carbocycles. The van der Waals surface area contributed by atoms with Gasteiger partial charge in [-0.25, -0.2) is 4.79 Å². The number of anilines is 1. The molecule has 0 aliphatic carbocycles. The van der Waals surface area contributed by atoms with Gasteiger partial charge in [-0.15, -0.1) is 0 Å². The van der Waals surface area contributed by atoms with Crippen molar-refractivity contribution in [3.8, 4) is 0 Å². The third-order valence-electron chi connectivity index (χ3n) is 3.86. The van der Waals surface area contributed by atoms with Crippen molar-refractivity contribution >= 4 is 11.7 Å². The minimum atomic E-state index is -0.0304. The standard InChI is InChI=1S/C16H25N3O2/c1-12(11-21-4)17-16(20)19-10-14-7-5-6-8-15(14)18(3)9-13(19)2/h5-8,12-13H,9-11H2,1-4H3,(H,17,20). The molecule has 5 nitrogen and oxygen atoms in total. The van der Waals surface area contributed by atoms with Gasteiger partial charge in [0, 0.05) is 39.0 Å². The summed E-state index contributed by atoms with van der Waals surface area (Å²) in [6, 6.07) is 8.38. The minimum Gasteiger partial charge on any atom is -0.383 e. The molecule has 1 heterocycles. The van der Waals surface area contributed by atoms with E-state index in [-0.39, 0.29) is 18.1 Å². The van der Waals surface area contributed by atoms with E-state index >= 15 is 0 Å². The summed E-state index contributed by atoms with van der Waals surface area (Å²) in [6.07, 6.45) is 0. The van der Waals surface area contributed by atoms with E-state index in [2.05, 4.69) is 36.3 Å². The van der Waals surface area contributed by atoms with Crippen molar-refractivity contribution in [1.82, 2.24) is 10.2 Å². The van der Waals surface area contributed by atoms with Crippen LogP contribution in [0.5, 0.6) is 0 Å². The van der Waals surface area contributed by atoms with Crippen molar-refractivity contribution < 1.29 is 9.53 Å². The fourth-order valence-electron chi connectivity index (χ4n) is 2.81. The molecule has 0 spiro atoms. The monoisotopic (exact) mass is 291 g/mol. The summed E-state index contributed by atoms with van der Waals surface area (Å²) >= 11 is 0. The van der Waals surface area contributed by atoms with E-state index in [1.165, 1.54) is 11.3 Å². The average molecular weight is 291 g/mol. The molecule has 2 unspecified atom stereocenters. The van der Waals surface area contributed by atoms with Gasteiger partial charge in [-0.3, -0.25) is 0 Å². The van der Waals surface area contributed by atoms with E-state index < -0.39 is 0 Å². The molecule has 1 aliphatic heterocycles. The van der Waals surface area contributed by atoms with E-state index in [1.54, 1.807) is 7.11 Å². The number of methoxy groups -OCH3 is 1. The smallest absolute Gasteiger partial charge is 0.318 e. The molecule has 1 aromatic rings. The van der Waals surface area contributed by atoms with Gasteiger partial charge in [0.25, 0.3) is 0 Å². The highest BCUT2D eigenvalue weighted by atomic mass is 16.5. The van der Waals surface area contributed by atoms with Gasteiger partial charge < -0.3 is 19.9 Å². The van der Waals surface area contributed by atoms with Crippen LogP contribution in [-0.2, 0) is 11.3 Å². The number of carbonyl (C=O) groups excluding carboxylic acids is 1. The Labute approximate surface area is 126 Å². The Kier molecular flexibility index (Phi) is 5.07. The number of carbonyl (C=O) groups is 1. The summed E-state index contributed by atoms with van der Waals surface area (Å²) in [5, 5.41) is 3.00. The Hall–Kier alpha value is -1.75. The molecule has 0 aromatic heterocycles. The largest absolute Gasteiger partial charge is 0.383 e. The van der Waals surface area contributed by atoms with Gasteiger partial charge in [-0.05, 0) is 25.5 Å². The van der Waals surface area contributed by atoms with Crippen LogP contribution in [0, 0.1) is 0 Å². The van der Waals surface area contributed by atoms with Gasteiger partial charge in [0.2, 0.25) is 0 Å². The number of para-hydroxylation sites is 1. The zero-order valence-corrected chi connectivity index (χ0v) is 13.3. The van der Waals surface area contributed by atoms with Crippen LogP contribution in [-0.4, -0.2) is 50.3 Å². The zero-order chi connectivity index (χ0) is 15.4. The Bertz CT molecular complexity index is 492. The van der Waals surface area contributed by atoms with Gasteiger partial charge >= 0.3 is 6.03 Å². The van der Waals surface area contributed by atoms with Crippen LogP contribution in [0.4, 0.5) is 10.5 Å². The Balaban J connectivity index is 2.15. The van der Waals surface area contributed by atoms with E-state index in [9.17, 15) is 4.79 Å². The number of amides is 2. The van der Waals surface area contributed by atoms with Crippen LogP contribution in [0.15, 0.2) is 24.3 Å². The van der Waals surface area contributed by atoms with Crippen molar-refractivity contribution in [2.75, 3.05) is 32.2 Å². The van der Waals surface area contributed by atoms with Crippen molar-refractivity contribution in [2.45, 2.75) is 32.5 Å². The quantitative estimate of drug-likeness (QED) is 0.927. The van der Waals surface area contributed by atoms with Gasteiger partial charge in [0.15, 0.2) is 0 Å². The first-order valence-corrected chi connectivity index (χ1v) is 7.38. The maximum absolute atomic E-state index is 12.5. The van der Waals surface area contributed by atoms with Crippen LogP contribution in [0.25, 0.3) is 0 Å². The second kappa shape index (κ2) is 6.80. The number of hydrogen-bond donors (Lipinski definition) is 1. The van der Waals surface area contributed by atoms with Crippen LogP contribution in [0.2, 0.25) is 0 Å². The maximum Gasteiger partial charge on any atom is 0.318 e. The molecule has 2 amide bonds. The molecule has 0 saturated carbocycles. The minimum absolute atomic E-state index is 0.00549. The normalized spacial score (nSPS) is 19.7. The highest BCUT2D eigenvalue weighted by molar-refractivity contribution is 5.75. The molecule has 1 aliphatic rings. The lowest BCUT2D eigenvalue weighted by molar-refractivity contribution is 0.150. The van der Waals surface area contributed by atoms with E-state index in [1.807, 2.05) is 24.0 Å². The van der Waals surface area contributed by atoms with Crippen molar-refractivity contribution in [3.63, 3.8) is 0 Å². The zero-order valence-electron chi connectivity index (χ0n) is 13.3. The predicted octanol–water partition coefficient (Wildman–Crippen LogP) is 2.07. The Morgan fingerprint density at radius 1 is 1.48 bits per heavy atom. The second-order valence-corrected chi connectivity index (χ2v) is 5.79. The van der Waals surface area contributed by atoms with Gasteiger partial charge in [0.05, 0.1) is 12.6 Å². The third-order valence-corrected chi connectivity index (χ3v) is 3.86. The molecule has 21 heavy (non-hydrogen) atoms. The molecule has 0 bridgehead atoms. The van der Waals surface area contributed by atoms with Crippen molar-refractivity contribution in [3.05, 3.63) is 29.8 Å². The molecule has 1 N–H and O–H groups in total. The number of rotatable bonds is 3. The number of likely N-dealkylation sites (N-methyl/N-ethyl adjacent to an activating group) is 1. The lowest BCUT2D eigenvalue weighted by atomic mass is 10.1. The average Bonchev–Trinajstić information content (AvgIpc) is 2.56. The fourth-order valence-corrected chi connectivity index (χ4v) is 2.81. The number of benzene rings is 1. The van der Waals surface area contributed by atoms with Crippen LogP contribution in [0.3, 0.4) is 0 Å². The van der Waals surface area contributed by atoms with E-state index in [4.69, 9.17) is 4.74 Å². The lowest BCUT2D eigenvalue weighted by Gasteiger charge is -2.29. The number of nitrogens with one attached hydrogen (secondary N) is 1. The number of hydrogen-bond acceptors (Lipinski definition) is 3. The van der Waals surface area contributed by atoms with E-state index in [0.29, 0.717) is 13.2 Å². The highest BCUT2D eigenvalue weighted by Gasteiger charge is 2.27. The molecule has 2 rings (SSSR count). The van der Waals surface area contributed by atoms with Crippen LogP contribution >= 0.6 is 0 Å². The number of urea groups is 1. The maximum atomic E-state index is 12.5. The number of nitrogens with zero attached hydrogens (tertiary/aromatic N) is 2. The first-order chi connectivity index (χ1) is 10.0. The van der Waals surface area contributed by atoms with Gasteiger partial charge in [0.1, 0.15) is 0 Å². The first-order valence-electron chi connectivity index (χ1n) is 7.38. The van der Waals surface area contributed by atoms with Crippen LogP contribution < -0.4 is 10.2 Å². The summed E-state index contributed by atoms with van der Waals surface area (Å²) < 4.78 is 5.08. The molecule has 5 heteroatoms. The Morgan fingerprint density at radius 3 is 2.90 bits per heavy atom. The molecular formula is C16H25N3O2. The summed E-state index contributed by atoms with van der Waals surface area (Å²) in [6.45, 7) is 6.01. The summed E-state index contributed by atoms with van der Waals surface area (Å²) in [4.78, 5) is 16.6. The molecule has 116 valence electrons. The summed E-state index contributed by atoms with van der Waals surface area (Å²) in [7, 11) is 3.71. The topological polar surface area (TPSA) is 44.8 Å². The second-order valence-electron chi connectivity index (χ2n) is 5.79. The number of fused-ring (bicyclic) bond motifs is 1. The van der Waals surface area contributed by atoms with Gasteiger partial charge in [-0.1, -0.05) is 18.2 Å². The fraction of sp³-hybridized carbons (Fsp3) is 0.562. The van der Waals surface area contributed by atoms with Gasteiger partial charge in [-0.2, -0.15) is 0 Å². The van der Waals surface area contributed by atoms with Crippen molar-refractivity contribution in [2.24, 2.45) is 0 Å². The summed E-state index contributed by atoms with van der Waals surface area (Å²) in [5.74, 6) is 0. The molecular weight excluding hydrogens is 266 g/mol. The number of ether oxygens (including phenoxy) is 1. The molecule has 2 atom stereocenters. The predicted molar refractivity (Wildman–Crippen MR) is 84.6 cm³/mol. The van der Waals surface area contributed by atoms with Crippen molar-refractivity contribution in [1.29, 1.82) is 0 Å². The molecule has 0 radical (unpaired) electrons. The third kappa shape index (κ3) is 3.67. The SMILES string of the molecule is COCC(C)NC(=O)N1Cc2ccccc2N(C)CC1C. The van der Waals surface area contributed by atoms with Crippen LogP contribution in [0.1, 0.15) is 19.4 Å². The lowest BCUT2D eigenvalue weighted by Crippen LogP contribution is -2.49. The summed E-state index contributed by atoms with van der Waals surface area (Å²) in [5.41, 5.74) is 2.38. The van der Waals surface area contributed by atoms with E-state index in [0.717, 1.165) is 6.54 Å². The Morgan fingerprint density at radius 2 is 2.19 bits per heavy atom. The highest BCUT2D eigenvalue weighted by Crippen LogP contribution is 2.25. The molecule has 0 fully saturated rings. The molecule has 0 saturated heterocycles. The first kappa shape index (κ1) is 15.6.